The molecule has 0 bridgehead atoms. The van der Waals surface area contributed by atoms with Crippen molar-refractivity contribution in [2.45, 2.75) is 32.2 Å². The maximum absolute atomic E-state index is 13.3. The van der Waals surface area contributed by atoms with Crippen LogP contribution in [0.15, 0.2) is 28.7 Å². The third-order valence-corrected chi connectivity index (χ3v) is 4.69. The molecular weight excluding hydrogens is 406 g/mol. The van der Waals surface area contributed by atoms with Crippen molar-refractivity contribution in [2.24, 2.45) is 0 Å². The fourth-order valence-corrected chi connectivity index (χ4v) is 3.84. The lowest BCUT2D eigenvalue weighted by atomic mass is 9.92. The zero-order valence-electron chi connectivity index (χ0n) is 15.6. The van der Waals surface area contributed by atoms with Gasteiger partial charge >= 0.3 is 5.97 Å². The van der Waals surface area contributed by atoms with Gasteiger partial charge in [0.05, 0.1) is 6.61 Å². The Labute approximate surface area is 158 Å². The molecule has 8 heteroatoms. The zero-order valence-corrected chi connectivity index (χ0v) is 18.2. The number of hydrogen-bond donors (Lipinski definition) is 0. The van der Waals surface area contributed by atoms with E-state index in [0.717, 1.165) is 4.47 Å². The van der Waals surface area contributed by atoms with Crippen LogP contribution in [0.4, 0.5) is 0 Å². The number of rotatable bonds is 8. The van der Waals surface area contributed by atoms with Gasteiger partial charge < -0.3 is 18.8 Å². The molecule has 0 fully saturated rings. The number of nitrogens with zero attached hydrogens (tertiary/aromatic N) is 1. The molecule has 0 aliphatic carbocycles. The van der Waals surface area contributed by atoms with Crippen LogP contribution in [-0.4, -0.2) is 52.6 Å². The SMILES string of the molecule is CCOC(=O)C(O[Si](C)(C)C)(C(=O)N(C)COC)c1ccc(Br)cc1. The molecule has 25 heavy (non-hydrogen) atoms. The first-order chi connectivity index (χ1) is 11.6. The molecule has 1 aromatic rings. The summed E-state index contributed by atoms with van der Waals surface area (Å²) >= 11 is 3.37. The number of esters is 1. The van der Waals surface area contributed by atoms with Gasteiger partial charge in [-0.1, -0.05) is 28.1 Å². The molecule has 1 aromatic carbocycles. The van der Waals surface area contributed by atoms with Gasteiger partial charge in [-0.25, -0.2) is 4.79 Å². The van der Waals surface area contributed by atoms with E-state index in [-0.39, 0.29) is 13.3 Å². The van der Waals surface area contributed by atoms with Crippen molar-refractivity contribution in [1.82, 2.24) is 4.90 Å². The third kappa shape index (κ3) is 5.37. The van der Waals surface area contributed by atoms with Crippen LogP contribution in [0.5, 0.6) is 0 Å². The summed E-state index contributed by atoms with van der Waals surface area (Å²) in [6, 6.07) is 6.92. The predicted octanol–water partition coefficient (Wildman–Crippen LogP) is 3.12. The lowest BCUT2D eigenvalue weighted by molar-refractivity contribution is -0.176. The first-order valence-corrected chi connectivity index (χ1v) is 12.2. The predicted molar refractivity (Wildman–Crippen MR) is 102 cm³/mol. The second-order valence-corrected chi connectivity index (χ2v) is 11.9. The molecule has 0 aliphatic rings. The van der Waals surface area contributed by atoms with Crippen molar-refractivity contribution < 1.29 is 23.5 Å². The van der Waals surface area contributed by atoms with Gasteiger partial charge in [0.15, 0.2) is 8.32 Å². The average Bonchev–Trinajstić information content (AvgIpc) is 2.52. The van der Waals surface area contributed by atoms with Gasteiger partial charge in [-0.05, 0) is 38.7 Å². The van der Waals surface area contributed by atoms with E-state index in [2.05, 4.69) is 15.9 Å². The second kappa shape index (κ2) is 8.93. The van der Waals surface area contributed by atoms with Crippen LogP contribution in [0, 0.1) is 0 Å². The van der Waals surface area contributed by atoms with Crippen molar-refractivity contribution in [3.8, 4) is 0 Å². The highest BCUT2D eigenvalue weighted by atomic mass is 79.9. The minimum atomic E-state index is -2.31. The molecule has 1 unspecified atom stereocenters. The number of methoxy groups -OCH3 is 1. The molecule has 0 spiro atoms. The second-order valence-electron chi connectivity index (χ2n) is 6.54. The molecule has 0 N–H and O–H groups in total. The van der Waals surface area contributed by atoms with Crippen molar-refractivity contribution in [2.75, 3.05) is 27.5 Å². The van der Waals surface area contributed by atoms with Gasteiger partial charge in [0.1, 0.15) is 6.73 Å². The fourth-order valence-electron chi connectivity index (χ4n) is 2.37. The van der Waals surface area contributed by atoms with E-state index in [1.54, 1.807) is 38.2 Å². The van der Waals surface area contributed by atoms with Crippen molar-refractivity contribution in [3.63, 3.8) is 0 Å². The summed E-state index contributed by atoms with van der Waals surface area (Å²) in [5.41, 5.74) is -1.42. The van der Waals surface area contributed by atoms with Crippen molar-refractivity contribution in [3.05, 3.63) is 34.3 Å². The minimum absolute atomic E-state index is 0.0333. The first kappa shape index (κ1) is 21.8. The number of likely N-dealkylation sites (N-methyl/N-ethyl adjacent to an activating group) is 1. The number of amides is 1. The molecule has 0 saturated carbocycles. The molecule has 0 radical (unpaired) electrons. The Balaban J connectivity index is 3.59. The van der Waals surface area contributed by atoms with Gasteiger partial charge in [0.25, 0.3) is 11.5 Å². The van der Waals surface area contributed by atoms with Gasteiger partial charge in [0.2, 0.25) is 0 Å². The molecule has 6 nitrogen and oxygen atoms in total. The van der Waals surface area contributed by atoms with Crippen LogP contribution >= 0.6 is 15.9 Å². The van der Waals surface area contributed by atoms with Gasteiger partial charge in [-0.15, -0.1) is 0 Å². The van der Waals surface area contributed by atoms with E-state index in [0.29, 0.717) is 5.56 Å². The summed E-state index contributed by atoms with van der Waals surface area (Å²) in [6.45, 7) is 7.64. The van der Waals surface area contributed by atoms with Gasteiger partial charge in [-0.3, -0.25) is 4.79 Å². The number of halogens is 1. The standard InChI is InChI=1S/C17H26BrNO5Si/c1-7-23-16(21)17(24-25(4,5)6,15(20)19(2)12-22-3)13-8-10-14(18)11-9-13/h8-11H,7,12H2,1-6H3. The Hall–Kier alpha value is -1.22. The molecule has 1 rings (SSSR count). The monoisotopic (exact) mass is 431 g/mol. The van der Waals surface area contributed by atoms with E-state index >= 15 is 0 Å². The zero-order chi connectivity index (χ0) is 19.3. The lowest BCUT2D eigenvalue weighted by Crippen LogP contribution is -2.57. The number of benzene rings is 1. The van der Waals surface area contributed by atoms with Crippen molar-refractivity contribution >= 4 is 36.1 Å². The topological polar surface area (TPSA) is 65.1 Å². The maximum Gasteiger partial charge on any atom is 0.352 e. The lowest BCUT2D eigenvalue weighted by Gasteiger charge is -2.38. The number of hydrogen-bond acceptors (Lipinski definition) is 5. The molecule has 0 aromatic heterocycles. The smallest absolute Gasteiger partial charge is 0.352 e. The fraction of sp³-hybridized carbons (Fsp3) is 0.529. The van der Waals surface area contributed by atoms with E-state index in [9.17, 15) is 9.59 Å². The van der Waals surface area contributed by atoms with Crippen LogP contribution in [0.1, 0.15) is 12.5 Å². The Morgan fingerprint density at radius 3 is 2.20 bits per heavy atom. The summed E-state index contributed by atoms with van der Waals surface area (Å²) in [7, 11) is 0.729. The quantitative estimate of drug-likeness (QED) is 0.273. The number of ether oxygens (including phenoxy) is 2. The summed E-state index contributed by atoms with van der Waals surface area (Å²) in [5, 5.41) is 0. The molecule has 140 valence electrons. The van der Waals surface area contributed by atoms with Crippen LogP contribution < -0.4 is 0 Å². The largest absolute Gasteiger partial charge is 0.463 e. The molecule has 0 heterocycles. The highest BCUT2D eigenvalue weighted by molar-refractivity contribution is 9.10. The molecule has 0 aliphatic heterocycles. The van der Waals surface area contributed by atoms with Gasteiger partial charge in [-0.2, -0.15) is 0 Å². The Kier molecular flexibility index (Phi) is 7.79. The average molecular weight is 432 g/mol. The highest BCUT2D eigenvalue weighted by Crippen LogP contribution is 2.34. The summed E-state index contributed by atoms with van der Waals surface area (Å²) < 4.78 is 17.3. The normalized spacial score (nSPS) is 13.9. The van der Waals surface area contributed by atoms with Crippen LogP contribution in [0.3, 0.4) is 0 Å². The van der Waals surface area contributed by atoms with Crippen LogP contribution in [0.2, 0.25) is 19.6 Å². The van der Waals surface area contributed by atoms with Crippen LogP contribution in [-0.2, 0) is 29.1 Å². The summed E-state index contributed by atoms with van der Waals surface area (Å²) in [4.78, 5) is 27.5. The number of carbonyl (C=O) groups is 2. The molecular formula is C17H26BrNO5Si. The Morgan fingerprint density at radius 2 is 1.76 bits per heavy atom. The van der Waals surface area contributed by atoms with Gasteiger partial charge in [0, 0.05) is 24.2 Å². The Morgan fingerprint density at radius 1 is 1.20 bits per heavy atom. The minimum Gasteiger partial charge on any atom is -0.463 e. The number of carbonyl (C=O) groups excluding carboxylic acids is 2. The van der Waals surface area contributed by atoms with E-state index in [1.165, 1.54) is 12.0 Å². The van der Waals surface area contributed by atoms with E-state index < -0.39 is 25.8 Å². The van der Waals surface area contributed by atoms with E-state index in [4.69, 9.17) is 13.9 Å². The van der Waals surface area contributed by atoms with E-state index in [1.807, 2.05) is 19.6 Å². The van der Waals surface area contributed by atoms with Crippen molar-refractivity contribution in [1.29, 1.82) is 0 Å². The molecule has 0 saturated heterocycles. The third-order valence-electron chi connectivity index (χ3n) is 3.24. The highest BCUT2D eigenvalue weighted by Gasteiger charge is 2.54. The molecule has 1 amide bonds. The summed E-state index contributed by atoms with van der Waals surface area (Å²) in [5.74, 6) is -1.23. The maximum atomic E-state index is 13.3. The summed E-state index contributed by atoms with van der Waals surface area (Å²) in [6.07, 6.45) is 0. The Bertz CT molecular complexity index is 602. The van der Waals surface area contributed by atoms with Crippen LogP contribution in [0.25, 0.3) is 0 Å². The molecule has 1 atom stereocenters. The first-order valence-electron chi connectivity index (χ1n) is 7.96.